The lowest BCUT2D eigenvalue weighted by Crippen LogP contribution is -2.22. The van der Waals surface area contributed by atoms with Crippen LogP contribution >= 0.6 is 0 Å². The van der Waals surface area contributed by atoms with E-state index in [4.69, 9.17) is 5.11 Å². The van der Waals surface area contributed by atoms with Gasteiger partial charge in [-0.2, -0.15) is 0 Å². The van der Waals surface area contributed by atoms with Crippen molar-refractivity contribution >= 4 is 15.7 Å². The van der Waals surface area contributed by atoms with E-state index < -0.39 is 16.4 Å². The van der Waals surface area contributed by atoms with Crippen molar-refractivity contribution in [2.24, 2.45) is 0 Å². The molecular weight excluding hydrogens is 338 g/mol. The zero-order valence-corrected chi connectivity index (χ0v) is 15.1. The molecule has 0 aliphatic carbocycles. The molecule has 134 valence electrons. The van der Waals surface area contributed by atoms with E-state index in [-0.39, 0.29) is 16.6 Å². The molecule has 2 rings (SSSR count). The number of nitrogens with one attached hydrogen (secondary N) is 1. The number of rotatable bonds is 8. The topological polar surface area (TPSA) is 83.5 Å². The van der Waals surface area contributed by atoms with E-state index in [1.54, 1.807) is 12.1 Å². The Labute approximate surface area is 148 Å². The predicted octanol–water partition coefficient (Wildman–Crippen LogP) is 2.34. The first-order chi connectivity index (χ1) is 12.0. The van der Waals surface area contributed by atoms with Crippen LogP contribution in [0.4, 0.5) is 0 Å². The van der Waals surface area contributed by atoms with Gasteiger partial charge in [0.05, 0.1) is 17.3 Å². The zero-order valence-electron chi connectivity index (χ0n) is 14.2. The lowest BCUT2D eigenvalue weighted by molar-refractivity contribution is 0.0951. The molecule has 2 aromatic rings. The van der Waals surface area contributed by atoms with Gasteiger partial charge in [0.1, 0.15) is 0 Å². The largest absolute Gasteiger partial charge is 0.395 e. The Balaban J connectivity index is 1.95. The summed E-state index contributed by atoms with van der Waals surface area (Å²) < 4.78 is 23.7. The number of aliphatic hydroxyl groups is 1. The molecule has 2 N–H and O–H groups in total. The van der Waals surface area contributed by atoms with E-state index in [0.29, 0.717) is 12.1 Å². The number of aryl methyl sites for hydroxylation is 1. The minimum atomic E-state index is -3.45. The van der Waals surface area contributed by atoms with Crippen LogP contribution in [0.5, 0.6) is 0 Å². The maximum absolute atomic E-state index is 12.2. The fraction of sp³-hybridized carbons (Fsp3) is 0.316. The Morgan fingerprint density at radius 1 is 1.00 bits per heavy atom. The highest BCUT2D eigenvalue weighted by molar-refractivity contribution is 7.91. The van der Waals surface area contributed by atoms with Crippen molar-refractivity contribution in [1.29, 1.82) is 0 Å². The smallest absolute Gasteiger partial charge is 0.251 e. The highest BCUT2D eigenvalue weighted by atomic mass is 32.2. The molecule has 0 saturated heterocycles. The number of amides is 1. The van der Waals surface area contributed by atoms with Crippen LogP contribution in [0.3, 0.4) is 0 Å². The van der Waals surface area contributed by atoms with Gasteiger partial charge in [-0.05, 0) is 41.8 Å². The Bertz CT molecular complexity index is 796. The van der Waals surface area contributed by atoms with Gasteiger partial charge >= 0.3 is 0 Å². The number of hydrogen-bond acceptors (Lipinski definition) is 4. The van der Waals surface area contributed by atoms with Crippen molar-refractivity contribution < 1.29 is 18.3 Å². The molecule has 5 nitrogen and oxygen atoms in total. The normalized spacial score (nSPS) is 11.3. The minimum absolute atomic E-state index is 0.167. The molecular formula is C19H23NO4S. The maximum atomic E-state index is 12.2. The van der Waals surface area contributed by atoms with Gasteiger partial charge in [-0.25, -0.2) is 8.42 Å². The number of hydrogen-bond donors (Lipinski definition) is 2. The number of benzene rings is 2. The van der Waals surface area contributed by atoms with Gasteiger partial charge in [0.2, 0.25) is 0 Å². The molecule has 0 saturated carbocycles. The Kier molecular flexibility index (Phi) is 6.73. The summed E-state index contributed by atoms with van der Waals surface area (Å²) in [5, 5.41) is 11.6. The van der Waals surface area contributed by atoms with Gasteiger partial charge < -0.3 is 10.4 Å². The summed E-state index contributed by atoms with van der Waals surface area (Å²) in [6.45, 7) is 2.02. The first-order valence-corrected chi connectivity index (χ1v) is 9.91. The molecule has 0 atom stereocenters. The Hall–Kier alpha value is -2.18. The first kappa shape index (κ1) is 19.1. The van der Waals surface area contributed by atoms with Gasteiger partial charge in [-0.15, -0.1) is 0 Å². The standard InChI is InChI=1S/C19H23NO4S/c1-2-3-15-4-8-17(9-5-15)19(22)20-14-16-6-10-18(11-7-16)25(23,24)13-12-21/h4-11,21H,2-3,12-14H2,1H3,(H,20,22). The number of carbonyl (C=O) groups excluding carboxylic acids is 1. The van der Waals surface area contributed by atoms with Crippen molar-refractivity contribution in [3.8, 4) is 0 Å². The molecule has 0 bridgehead atoms. The summed E-state index contributed by atoms with van der Waals surface area (Å²) in [4.78, 5) is 12.3. The van der Waals surface area contributed by atoms with E-state index in [9.17, 15) is 13.2 Å². The molecule has 0 aliphatic heterocycles. The van der Waals surface area contributed by atoms with Gasteiger partial charge in [-0.3, -0.25) is 4.79 Å². The molecule has 2 aromatic carbocycles. The van der Waals surface area contributed by atoms with Gasteiger partial charge in [0.25, 0.3) is 5.91 Å². The van der Waals surface area contributed by atoms with E-state index in [1.165, 1.54) is 17.7 Å². The van der Waals surface area contributed by atoms with Crippen molar-refractivity contribution in [2.75, 3.05) is 12.4 Å². The van der Waals surface area contributed by atoms with Crippen LogP contribution in [0.1, 0.15) is 34.8 Å². The fourth-order valence-corrected chi connectivity index (χ4v) is 3.48. The van der Waals surface area contributed by atoms with Crippen LogP contribution in [0.2, 0.25) is 0 Å². The van der Waals surface area contributed by atoms with Crippen molar-refractivity contribution in [2.45, 2.75) is 31.2 Å². The fourth-order valence-electron chi connectivity index (χ4n) is 2.45. The Morgan fingerprint density at radius 3 is 2.16 bits per heavy atom. The molecule has 0 unspecified atom stereocenters. The summed E-state index contributed by atoms with van der Waals surface area (Å²) in [7, 11) is -3.45. The highest BCUT2D eigenvalue weighted by Crippen LogP contribution is 2.13. The molecule has 0 heterocycles. The van der Waals surface area contributed by atoms with Crippen molar-refractivity contribution in [1.82, 2.24) is 5.32 Å². The molecule has 0 aliphatic rings. The second-order valence-electron chi connectivity index (χ2n) is 5.82. The van der Waals surface area contributed by atoms with Crippen LogP contribution in [0.25, 0.3) is 0 Å². The van der Waals surface area contributed by atoms with Gasteiger partial charge in [0.15, 0.2) is 9.84 Å². The number of carbonyl (C=O) groups is 1. The van der Waals surface area contributed by atoms with E-state index >= 15 is 0 Å². The summed E-state index contributed by atoms with van der Waals surface area (Å²) in [6, 6.07) is 13.8. The molecule has 6 heteroatoms. The third-order valence-electron chi connectivity index (χ3n) is 3.85. The number of aliphatic hydroxyl groups excluding tert-OH is 1. The zero-order chi connectivity index (χ0) is 18.3. The SMILES string of the molecule is CCCc1ccc(C(=O)NCc2ccc(S(=O)(=O)CCO)cc2)cc1. The monoisotopic (exact) mass is 361 g/mol. The summed E-state index contributed by atoms with van der Waals surface area (Å²) in [5.41, 5.74) is 2.61. The number of sulfone groups is 1. The maximum Gasteiger partial charge on any atom is 0.251 e. The quantitative estimate of drug-likeness (QED) is 0.756. The summed E-state index contributed by atoms with van der Waals surface area (Å²) in [6.07, 6.45) is 2.06. The van der Waals surface area contributed by atoms with Gasteiger partial charge in [-0.1, -0.05) is 37.6 Å². The lowest BCUT2D eigenvalue weighted by atomic mass is 10.1. The summed E-state index contributed by atoms with van der Waals surface area (Å²) >= 11 is 0. The molecule has 0 fully saturated rings. The molecule has 0 radical (unpaired) electrons. The summed E-state index contributed by atoms with van der Waals surface area (Å²) in [5.74, 6) is -0.461. The molecule has 1 amide bonds. The first-order valence-electron chi connectivity index (χ1n) is 8.26. The van der Waals surface area contributed by atoms with Gasteiger partial charge in [0, 0.05) is 12.1 Å². The van der Waals surface area contributed by atoms with Crippen LogP contribution in [-0.4, -0.2) is 31.8 Å². The van der Waals surface area contributed by atoms with Crippen LogP contribution < -0.4 is 5.32 Å². The highest BCUT2D eigenvalue weighted by Gasteiger charge is 2.13. The van der Waals surface area contributed by atoms with E-state index in [0.717, 1.165) is 18.4 Å². The second-order valence-corrected chi connectivity index (χ2v) is 7.93. The van der Waals surface area contributed by atoms with Crippen molar-refractivity contribution in [3.63, 3.8) is 0 Å². The average molecular weight is 361 g/mol. The molecule has 25 heavy (non-hydrogen) atoms. The second kappa shape index (κ2) is 8.78. The predicted molar refractivity (Wildman–Crippen MR) is 97.2 cm³/mol. The third kappa shape index (κ3) is 5.41. The van der Waals surface area contributed by atoms with Crippen LogP contribution in [0.15, 0.2) is 53.4 Å². The Morgan fingerprint density at radius 2 is 1.60 bits per heavy atom. The van der Waals surface area contributed by atoms with E-state index in [2.05, 4.69) is 12.2 Å². The van der Waals surface area contributed by atoms with Crippen molar-refractivity contribution in [3.05, 3.63) is 65.2 Å². The molecule has 0 spiro atoms. The third-order valence-corrected chi connectivity index (χ3v) is 5.56. The average Bonchev–Trinajstić information content (AvgIpc) is 2.61. The van der Waals surface area contributed by atoms with Crippen LogP contribution in [0, 0.1) is 0 Å². The van der Waals surface area contributed by atoms with E-state index in [1.807, 2.05) is 24.3 Å². The minimum Gasteiger partial charge on any atom is -0.395 e. The van der Waals surface area contributed by atoms with Crippen LogP contribution in [-0.2, 0) is 22.8 Å². The lowest BCUT2D eigenvalue weighted by Gasteiger charge is -2.08. The molecule has 0 aromatic heterocycles.